The van der Waals surface area contributed by atoms with Crippen LogP contribution in [0.2, 0.25) is 5.02 Å². The fourth-order valence-corrected chi connectivity index (χ4v) is 2.40. The molecule has 0 saturated carbocycles. The van der Waals surface area contributed by atoms with Gasteiger partial charge in [-0.15, -0.1) is 24.2 Å². The predicted octanol–water partition coefficient (Wildman–Crippen LogP) is 2.85. The number of carbonyl (C=O) groups is 1. The maximum atomic E-state index is 11.5. The maximum absolute atomic E-state index is 11.5. The summed E-state index contributed by atoms with van der Waals surface area (Å²) < 4.78 is 0. The molecule has 0 fully saturated rings. The van der Waals surface area contributed by atoms with Crippen molar-refractivity contribution in [3.8, 4) is 0 Å². The molecule has 0 aliphatic carbocycles. The molecule has 0 heterocycles. The lowest BCUT2D eigenvalue weighted by Crippen LogP contribution is -2.30. The predicted molar refractivity (Wildman–Crippen MR) is 86.1 cm³/mol. The van der Waals surface area contributed by atoms with E-state index in [1.165, 1.54) is 0 Å². The Labute approximate surface area is 130 Å². The van der Waals surface area contributed by atoms with Gasteiger partial charge in [-0.3, -0.25) is 4.79 Å². The summed E-state index contributed by atoms with van der Waals surface area (Å²) >= 11 is 7.46. The highest BCUT2D eigenvalue weighted by Gasteiger charge is 2.02. The second-order valence-electron chi connectivity index (χ2n) is 4.24. The molecule has 0 aromatic heterocycles. The van der Waals surface area contributed by atoms with E-state index in [1.54, 1.807) is 11.8 Å². The van der Waals surface area contributed by atoms with Crippen molar-refractivity contribution in [3.63, 3.8) is 0 Å². The van der Waals surface area contributed by atoms with Crippen molar-refractivity contribution >= 4 is 41.7 Å². The summed E-state index contributed by atoms with van der Waals surface area (Å²) in [4.78, 5) is 11.5. The smallest absolute Gasteiger partial charge is 0.230 e. The second-order valence-corrected chi connectivity index (χ2v) is 5.66. The van der Waals surface area contributed by atoms with Gasteiger partial charge in [-0.05, 0) is 31.0 Å². The SMILES string of the molecule is CC(N)CCNC(=O)CSCc1cccc(Cl)c1.Cl. The first-order valence-electron chi connectivity index (χ1n) is 5.92. The van der Waals surface area contributed by atoms with Gasteiger partial charge in [0.1, 0.15) is 0 Å². The third-order valence-electron chi connectivity index (χ3n) is 2.31. The van der Waals surface area contributed by atoms with E-state index in [9.17, 15) is 4.79 Å². The molecule has 1 atom stereocenters. The molecule has 0 saturated heterocycles. The van der Waals surface area contributed by atoms with E-state index < -0.39 is 0 Å². The summed E-state index contributed by atoms with van der Waals surface area (Å²) in [6.07, 6.45) is 0.810. The van der Waals surface area contributed by atoms with Crippen molar-refractivity contribution < 1.29 is 4.79 Å². The number of thioether (sulfide) groups is 1. The molecular formula is C13H20Cl2N2OS. The lowest BCUT2D eigenvalue weighted by Gasteiger charge is -2.07. The van der Waals surface area contributed by atoms with Crippen molar-refractivity contribution in [3.05, 3.63) is 34.9 Å². The van der Waals surface area contributed by atoms with Crippen molar-refractivity contribution in [2.75, 3.05) is 12.3 Å². The molecule has 19 heavy (non-hydrogen) atoms. The molecule has 3 N–H and O–H groups in total. The van der Waals surface area contributed by atoms with E-state index in [-0.39, 0.29) is 24.4 Å². The van der Waals surface area contributed by atoms with E-state index in [0.717, 1.165) is 22.8 Å². The highest BCUT2D eigenvalue weighted by molar-refractivity contribution is 7.99. The molecule has 0 aliphatic heterocycles. The number of hydrogen-bond donors (Lipinski definition) is 2. The van der Waals surface area contributed by atoms with E-state index in [0.29, 0.717) is 12.3 Å². The number of benzene rings is 1. The molecular weight excluding hydrogens is 303 g/mol. The van der Waals surface area contributed by atoms with Gasteiger partial charge >= 0.3 is 0 Å². The molecule has 0 radical (unpaired) electrons. The Bertz CT molecular complexity index is 389. The molecule has 1 unspecified atom stereocenters. The first kappa shape index (κ1) is 18.6. The van der Waals surface area contributed by atoms with Crippen LogP contribution in [0.1, 0.15) is 18.9 Å². The highest BCUT2D eigenvalue weighted by atomic mass is 35.5. The Balaban J connectivity index is 0.00000324. The zero-order valence-corrected chi connectivity index (χ0v) is 13.3. The minimum Gasteiger partial charge on any atom is -0.355 e. The molecule has 1 aromatic rings. The minimum atomic E-state index is 0. The van der Waals surface area contributed by atoms with E-state index in [4.69, 9.17) is 17.3 Å². The molecule has 108 valence electrons. The monoisotopic (exact) mass is 322 g/mol. The fraction of sp³-hybridized carbons (Fsp3) is 0.462. The van der Waals surface area contributed by atoms with E-state index in [1.807, 2.05) is 31.2 Å². The number of carbonyl (C=O) groups excluding carboxylic acids is 1. The van der Waals surface area contributed by atoms with Gasteiger partial charge in [-0.25, -0.2) is 0 Å². The summed E-state index contributed by atoms with van der Waals surface area (Å²) in [5.74, 6) is 1.31. The first-order chi connectivity index (χ1) is 8.58. The molecule has 1 rings (SSSR count). The molecule has 0 spiro atoms. The van der Waals surface area contributed by atoms with Crippen LogP contribution >= 0.6 is 35.8 Å². The Hall–Kier alpha value is -0.420. The summed E-state index contributed by atoms with van der Waals surface area (Å²) in [5.41, 5.74) is 6.73. The van der Waals surface area contributed by atoms with Crippen molar-refractivity contribution in [2.24, 2.45) is 5.73 Å². The number of halogens is 2. The standard InChI is InChI=1S/C13H19ClN2OS.ClH/c1-10(15)5-6-16-13(17)9-18-8-11-3-2-4-12(14)7-11;/h2-4,7,10H,5-6,8-9,15H2,1H3,(H,16,17);1H. The van der Waals surface area contributed by atoms with E-state index in [2.05, 4.69) is 5.32 Å². The van der Waals surface area contributed by atoms with Crippen LogP contribution in [0.3, 0.4) is 0 Å². The van der Waals surface area contributed by atoms with E-state index >= 15 is 0 Å². The summed E-state index contributed by atoms with van der Waals surface area (Å²) in [5, 5.41) is 3.58. The zero-order valence-electron chi connectivity index (χ0n) is 10.9. The molecule has 3 nitrogen and oxygen atoms in total. The average Bonchev–Trinajstić information content (AvgIpc) is 2.28. The van der Waals surface area contributed by atoms with Gasteiger partial charge in [0.15, 0.2) is 0 Å². The minimum absolute atomic E-state index is 0. The largest absolute Gasteiger partial charge is 0.355 e. The van der Waals surface area contributed by atoms with Crippen LogP contribution < -0.4 is 11.1 Å². The highest BCUT2D eigenvalue weighted by Crippen LogP contribution is 2.16. The number of nitrogens with two attached hydrogens (primary N) is 1. The Morgan fingerprint density at radius 1 is 1.53 bits per heavy atom. The van der Waals surface area contributed by atoms with Crippen LogP contribution in [0.15, 0.2) is 24.3 Å². The third-order valence-corrected chi connectivity index (χ3v) is 3.55. The fourth-order valence-electron chi connectivity index (χ4n) is 1.38. The van der Waals surface area contributed by atoms with Crippen LogP contribution in [-0.4, -0.2) is 24.2 Å². The van der Waals surface area contributed by atoms with Gasteiger partial charge in [0.2, 0.25) is 5.91 Å². The number of rotatable bonds is 7. The average molecular weight is 323 g/mol. The van der Waals surface area contributed by atoms with Crippen LogP contribution in [0.25, 0.3) is 0 Å². The van der Waals surface area contributed by atoms with Crippen molar-refractivity contribution in [2.45, 2.75) is 25.1 Å². The van der Waals surface area contributed by atoms with Gasteiger partial charge in [-0.1, -0.05) is 23.7 Å². The molecule has 6 heteroatoms. The first-order valence-corrected chi connectivity index (χ1v) is 7.45. The van der Waals surface area contributed by atoms with Gasteiger partial charge in [0.25, 0.3) is 0 Å². The Morgan fingerprint density at radius 3 is 2.89 bits per heavy atom. The van der Waals surface area contributed by atoms with Gasteiger partial charge in [-0.2, -0.15) is 0 Å². The topological polar surface area (TPSA) is 55.1 Å². The van der Waals surface area contributed by atoms with Crippen LogP contribution in [0.5, 0.6) is 0 Å². The van der Waals surface area contributed by atoms with Crippen LogP contribution in [0, 0.1) is 0 Å². The normalized spacial score (nSPS) is 11.5. The second kappa shape index (κ2) is 10.4. The maximum Gasteiger partial charge on any atom is 0.230 e. The number of nitrogens with one attached hydrogen (secondary N) is 1. The van der Waals surface area contributed by atoms with Crippen LogP contribution in [-0.2, 0) is 10.5 Å². The van der Waals surface area contributed by atoms with Gasteiger partial charge in [0, 0.05) is 23.4 Å². The lowest BCUT2D eigenvalue weighted by atomic mass is 10.2. The van der Waals surface area contributed by atoms with Gasteiger partial charge < -0.3 is 11.1 Å². The molecule has 1 amide bonds. The number of amides is 1. The molecule has 0 aliphatic rings. The summed E-state index contributed by atoms with van der Waals surface area (Å²) in [6.45, 7) is 2.58. The van der Waals surface area contributed by atoms with Crippen molar-refractivity contribution in [1.82, 2.24) is 5.32 Å². The molecule has 0 bridgehead atoms. The van der Waals surface area contributed by atoms with Gasteiger partial charge in [0.05, 0.1) is 5.75 Å². The lowest BCUT2D eigenvalue weighted by molar-refractivity contribution is -0.118. The quantitative estimate of drug-likeness (QED) is 0.811. The number of hydrogen-bond acceptors (Lipinski definition) is 3. The molecule has 1 aromatic carbocycles. The van der Waals surface area contributed by atoms with Crippen LogP contribution in [0.4, 0.5) is 0 Å². The third kappa shape index (κ3) is 9.16. The summed E-state index contributed by atoms with van der Waals surface area (Å²) in [7, 11) is 0. The Morgan fingerprint density at radius 2 is 2.26 bits per heavy atom. The Kier molecular flexibility index (Phi) is 10.1. The zero-order chi connectivity index (χ0) is 13.4. The van der Waals surface area contributed by atoms with Crippen molar-refractivity contribution in [1.29, 1.82) is 0 Å². The summed E-state index contributed by atoms with van der Waals surface area (Å²) in [6, 6.07) is 7.82.